The maximum atomic E-state index is 13.0. The van der Waals surface area contributed by atoms with Gasteiger partial charge in [-0.25, -0.2) is 36.8 Å². The van der Waals surface area contributed by atoms with Crippen molar-refractivity contribution in [3.63, 3.8) is 0 Å². The van der Waals surface area contributed by atoms with Crippen LogP contribution in [0, 0.1) is 48.5 Å². The quantitative estimate of drug-likeness (QED) is 0.0248. The average Bonchev–Trinajstić information content (AvgIpc) is 1.63. The highest BCUT2D eigenvalue weighted by Gasteiger charge is 2.41. The van der Waals surface area contributed by atoms with Crippen LogP contribution >= 0.6 is 34.0 Å². The van der Waals surface area contributed by atoms with E-state index in [2.05, 4.69) is 211 Å². The molecule has 9 aromatic heterocycles. The number of nitrogens with one attached hydrogen (secondary N) is 3. The van der Waals surface area contributed by atoms with E-state index < -0.39 is 57.8 Å². The molecule has 18 rings (SSSR count). The zero-order chi connectivity index (χ0) is 104. The number of nitrogens with two attached hydrogens (primary N) is 3. The third-order valence-corrected chi connectivity index (χ3v) is 36.1. The second-order valence-electron chi connectivity index (χ2n) is 41.6. The van der Waals surface area contributed by atoms with Crippen LogP contribution < -0.4 is 33.2 Å². The first kappa shape index (κ1) is 108. The molecule has 29 nitrogen and oxygen atoms in total. The van der Waals surface area contributed by atoms with E-state index in [1.54, 1.807) is 21.6 Å². The largest absolute Gasteiger partial charge is 0.393 e. The van der Waals surface area contributed by atoms with Crippen LogP contribution in [0.3, 0.4) is 0 Å². The number of sulfonamides is 2. The Morgan fingerprint density at radius 3 is 0.979 bits per heavy atom. The molecule has 6 saturated heterocycles. The Hall–Kier alpha value is -9.22. The molecular weight excluding hydrogens is 1970 g/mol. The topological polar surface area (TPSA) is 321 Å². The van der Waals surface area contributed by atoms with Crippen LogP contribution in [-0.4, -0.2) is 299 Å². The third kappa shape index (κ3) is 26.3. The van der Waals surface area contributed by atoms with Crippen LogP contribution in [0.1, 0.15) is 158 Å². The molecule has 790 valence electrons. The van der Waals surface area contributed by atoms with Crippen molar-refractivity contribution >= 4 is 153 Å². The van der Waals surface area contributed by atoms with Gasteiger partial charge in [0.25, 0.3) is 0 Å². The highest BCUT2D eigenvalue weighted by atomic mass is 32.2. The van der Waals surface area contributed by atoms with Crippen LogP contribution in [-0.2, 0) is 83.4 Å². The van der Waals surface area contributed by atoms with Crippen molar-refractivity contribution in [1.82, 2.24) is 86.5 Å². The summed E-state index contributed by atoms with van der Waals surface area (Å²) in [5.74, 6) is 2.03. The number of piperidine rings is 3. The molecule has 7 atom stereocenters. The van der Waals surface area contributed by atoms with Crippen LogP contribution in [0.4, 0.5) is 68.9 Å². The van der Waals surface area contributed by atoms with Crippen LogP contribution in [0.15, 0.2) is 72.8 Å². The van der Waals surface area contributed by atoms with Crippen molar-refractivity contribution in [3.05, 3.63) is 144 Å². The number of carbonyl (C=O) groups excluding carboxylic acids is 1. The van der Waals surface area contributed by atoms with E-state index in [1.807, 2.05) is 27.7 Å². The number of carbonyl (C=O) groups is 1. The van der Waals surface area contributed by atoms with Crippen LogP contribution in [0.2, 0.25) is 0 Å². The van der Waals surface area contributed by atoms with Gasteiger partial charge in [-0.1, -0.05) is 18.2 Å². The van der Waals surface area contributed by atoms with E-state index in [1.165, 1.54) is 108 Å². The summed E-state index contributed by atoms with van der Waals surface area (Å²) in [5.41, 5.74) is 32.4. The van der Waals surface area contributed by atoms with E-state index in [0.29, 0.717) is 92.7 Å². The number of thiophene rings is 3. The zero-order valence-corrected chi connectivity index (χ0v) is 89.8. The van der Waals surface area contributed by atoms with Gasteiger partial charge in [-0.05, 0) is 223 Å². The predicted octanol–water partition coefficient (Wildman–Crippen LogP) is 16.8. The first-order chi connectivity index (χ1) is 68.2. The Bertz CT molecular complexity index is 6590. The van der Waals surface area contributed by atoms with Crippen LogP contribution in [0.25, 0.3) is 63.4 Å². The molecule has 12 aromatic rings. The number of anilines is 5. The molecule has 15 heterocycles. The number of hydrogen-bond acceptors (Lipinski definition) is 26. The highest BCUT2D eigenvalue weighted by molar-refractivity contribution is 7.88. The number of aromatic nitrogens is 9. The summed E-state index contributed by atoms with van der Waals surface area (Å²) in [4.78, 5) is 56.3. The molecule has 1 amide bonds. The number of likely N-dealkylation sites (tertiary alicyclic amines) is 3. The van der Waals surface area contributed by atoms with Gasteiger partial charge in [0.15, 0.2) is 0 Å². The van der Waals surface area contributed by atoms with Gasteiger partial charge < -0.3 is 46.9 Å². The average molecular weight is 2110 g/mol. The van der Waals surface area contributed by atoms with Gasteiger partial charge in [-0.2, -0.15) is 58.1 Å². The monoisotopic (exact) mass is 2110 g/mol. The zero-order valence-electron chi connectivity index (χ0n) is 85.7. The molecule has 0 bridgehead atoms. The minimum Gasteiger partial charge on any atom is -0.369 e. The number of aryl methyl sites for hydroxylation is 7. The van der Waals surface area contributed by atoms with Gasteiger partial charge in [0.1, 0.15) is 37.8 Å². The Kier molecular flexibility index (Phi) is 33.0. The number of nitrogen functional groups attached to an aromatic ring is 2. The molecular formula is C102H139F9N24O5S5. The summed E-state index contributed by atoms with van der Waals surface area (Å²) in [6.45, 7) is 46.9. The number of piperazine rings is 3. The first-order valence-corrected chi connectivity index (χ1v) is 56.4. The number of alkyl halides is 9. The van der Waals surface area contributed by atoms with Crippen LogP contribution in [0.5, 0.6) is 0 Å². The number of fused-ring (bicyclic) bond motifs is 6. The molecule has 43 heteroatoms. The summed E-state index contributed by atoms with van der Waals surface area (Å²) >= 11 is 3.11. The predicted molar refractivity (Wildman–Crippen MR) is 565 cm³/mol. The molecule has 0 spiro atoms. The minimum atomic E-state index is -4.29. The van der Waals surface area contributed by atoms with Gasteiger partial charge in [0, 0.05) is 256 Å². The molecule has 0 aliphatic carbocycles. The number of benzene rings is 3. The number of halogens is 9. The van der Waals surface area contributed by atoms with Crippen molar-refractivity contribution in [1.29, 1.82) is 0 Å². The Morgan fingerprint density at radius 1 is 0.400 bits per heavy atom. The number of rotatable bonds is 28. The summed E-state index contributed by atoms with van der Waals surface area (Å²) in [7, 11) is -6.50. The number of amides is 1. The summed E-state index contributed by atoms with van der Waals surface area (Å²) in [6, 6.07) is 26.1. The van der Waals surface area contributed by atoms with E-state index in [9.17, 15) is 61.1 Å². The molecule has 145 heavy (non-hydrogen) atoms. The fourth-order valence-corrected chi connectivity index (χ4v) is 29.0. The Labute approximate surface area is 855 Å². The minimum absolute atomic E-state index is 0.0499. The second-order valence-corrected chi connectivity index (χ2v) is 48.7. The van der Waals surface area contributed by atoms with Crippen molar-refractivity contribution in [2.75, 3.05) is 138 Å². The fraction of sp³-hybridized carbons (Fsp3) is 0.578. The molecule has 6 aliphatic heterocycles. The molecule has 6 fully saturated rings. The van der Waals surface area contributed by atoms with Crippen molar-refractivity contribution in [3.8, 4) is 0 Å². The Morgan fingerprint density at radius 2 is 0.690 bits per heavy atom. The standard InChI is InChI=1S/2C34H47F3N8O2S2.C34H45F3N8OS/c2*1-20-13-28-24(5)25(7-8-30(28)44(20)18-21(2)43-16-22(3)45(23(4)17-43)49(6,46)47)19-42-11-9-26(10-12-42)39-31-29-14-27(15-34(35,36)37)48-32(29)41-33(38)40-31;1-21-15-28-23(3)25(5-6-30(28)45(21)18-22(2)44-13-11-43(12-14-44)20-31(38)46)19-42-9-7-26(8-10-42)41-32-29-16-27(17-34(35,36)37)47-33(29)40-24(4)39-32/h2*7-8,13-14,21-23,26H,9-12,15-19H2,1-6H3,(H3,38,39,40,41);5-6,15-16,22,26H,7-14,17-20H2,1-4H3,(H2,38,46)(H,39,40,41)/t21-,22+,23+;21-,22-,23-;22-/m010/s1. The lowest BCUT2D eigenvalue weighted by atomic mass is 10.0. The summed E-state index contributed by atoms with van der Waals surface area (Å²) in [6.07, 6.45) is -7.83. The number of primary amides is 1. The normalized spacial score (nSPS) is 20.5. The van der Waals surface area contributed by atoms with E-state index >= 15 is 0 Å². The van der Waals surface area contributed by atoms with Gasteiger partial charge in [-0.3, -0.25) is 39.1 Å². The summed E-state index contributed by atoms with van der Waals surface area (Å²) < 4.78 is 177. The lowest BCUT2D eigenvalue weighted by Gasteiger charge is -2.45. The van der Waals surface area contributed by atoms with Gasteiger partial charge in [-0.15, -0.1) is 34.0 Å². The molecule has 0 saturated carbocycles. The Balaban J connectivity index is 0.000000156. The fourth-order valence-electron chi connectivity index (χ4n) is 22.9. The maximum absolute atomic E-state index is 13.0. The van der Waals surface area contributed by atoms with Gasteiger partial charge >= 0.3 is 18.5 Å². The maximum Gasteiger partial charge on any atom is 0.393 e. The van der Waals surface area contributed by atoms with Gasteiger partial charge in [0.2, 0.25) is 37.9 Å². The lowest BCUT2D eigenvalue weighted by Crippen LogP contribution is -2.60. The van der Waals surface area contributed by atoms with Crippen molar-refractivity contribution < 1.29 is 61.1 Å². The highest BCUT2D eigenvalue weighted by Crippen LogP contribution is 2.42. The molecule has 0 radical (unpaired) electrons. The molecule has 6 aliphatic rings. The second kappa shape index (κ2) is 44.1. The molecule has 0 unspecified atom stereocenters. The van der Waals surface area contributed by atoms with Gasteiger partial charge in [0.05, 0.1) is 54.5 Å². The lowest BCUT2D eigenvalue weighted by molar-refractivity contribution is -0.127. The van der Waals surface area contributed by atoms with E-state index in [0.717, 1.165) is 177 Å². The van der Waals surface area contributed by atoms with E-state index in [4.69, 9.17) is 17.2 Å². The number of hydrogen-bond donors (Lipinski definition) is 6. The summed E-state index contributed by atoms with van der Waals surface area (Å²) in [5, 5.41) is 16.1. The molecule has 3 aromatic carbocycles. The van der Waals surface area contributed by atoms with Crippen molar-refractivity contribution in [2.24, 2.45) is 5.73 Å². The number of nitrogens with zero attached hydrogens (tertiary/aromatic N) is 18. The smallest absolute Gasteiger partial charge is 0.369 e. The first-order valence-electron chi connectivity index (χ1n) is 50.3. The molecule has 9 N–H and O–H groups in total. The SMILES string of the molecule is Cc1c(CN2CCC(Nc3nc(N)nc4sc(CC(F)(F)F)cc34)CC2)ccc2c1cc(C)n2C[C@@H](C)N1C[C@@H](C)N(S(C)(=O)=O)[C@H](C)C1.Cc1c(CN2CCC(Nc3nc(N)nc4sc(CC(F)(F)F)cc34)CC2)ccc2c1cc(C)n2C[C@H](C)N1C[C@@H](C)N(S(C)(=O)=O)[C@H](C)C1.Cc1nc(NC2CCN(Cc3ccc4c(cc(C)n4C[C@H](C)N4CCN(CC(N)=O)CC4)c3C)CC2)c2cc(CC(F)(F)F)sc2n1. The van der Waals surface area contributed by atoms with E-state index in [-0.39, 0.29) is 86.8 Å². The third-order valence-electron chi connectivity index (χ3n) is 30.1. The van der Waals surface area contributed by atoms with Crippen molar-refractivity contribution in [2.45, 2.75) is 273 Å².